The maximum Gasteiger partial charge on any atom is 0.310 e. The van der Waals surface area contributed by atoms with Crippen LogP contribution >= 0.6 is 27.5 Å². The van der Waals surface area contributed by atoms with Gasteiger partial charge in [0.2, 0.25) is 0 Å². The SMILES string of the molecule is C=C(C)/C(CC(=O)OC)=C(/Cl)n1nc(Br)cc1C. The molecule has 0 saturated heterocycles. The molecule has 0 atom stereocenters. The van der Waals surface area contributed by atoms with Crippen molar-refractivity contribution in [3.8, 4) is 0 Å². The zero-order valence-corrected chi connectivity index (χ0v) is 12.8. The van der Waals surface area contributed by atoms with Crippen LogP contribution in [0.15, 0.2) is 28.4 Å². The topological polar surface area (TPSA) is 44.1 Å². The lowest BCUT2D eigenvalue weighted by atomic mass is 10.1. The second kappa shape index (κ2) is 6.20. The highest BCUT2D eigenvalue weighted by atomic mass is 79.9. The number of halogens is 2. The summed E-state index contributed by atoms with van der Waals surface area (Å²) in [5.41, 5.74) is 2.18. The van der Waals surface area contributed by atoms with Crippen LogP contribution in [0, 0.1) is 6.92 Å². The number of methoxy groups -OCH3 is 1. The van der Waals surface area contributed by atoms with Gasteiger partial charge in [0.15, 0.2) is 0 Å². The van der Waals surface area contributed by atoms with Crippen molar-refractivity contribution < 1.29 is 9.53 Å². The van der Waals surface area contributed by atoms with Crippen molar-refractivity contribution in [2.75, 3.05) is 7.11 Å². The fourth-order valence-corrected chi connectivity index (χ4v) is 2.27. The molecule has 0 N–H and O–H groups in total. The smallest absolute Gasteiger partial charge is 0.310 e. The molecule has 98 valence electrons. The summed E-state index contributed by atoms with van der Waals surface area (Å²) in [7, 11) is 1.34. The lowest BCUT2D eigenvalue weighted by Gasteiger charge is -2.11. The van der Waals surface area contributed by atoms with Crippen molar-refractivity contribution in [1.29, 1.82) is 0 Å². The molecular formula is C12H14BrClN2O2. The maximum absolute atomic E-state index is 11.4. The Morgan fingerprint density at radius 3 is 2.67 bits per heavy atom. The quantitative estimate of drug-likeness (QED) is 0.626. The Bertz CT molecular complexity index is 520. The van der Waals surface area contributed by atoms with Crippen molar-refractivity contribution in [1.82, 2.24) is 9.78 Å². The zero-order chi connectivity index (χ0) is 13.9. The van der Waals surface area contributed by atoms with E-state index in [9.17, 15) is 4.79 Å². The fraction of sp³-hybridized carbons (Fsp3) is 0.333. The van der Waals surface area contributed by atoms with Crippen LogP contribution in [0.5, 0.6) is 0 Å². The minimum atomic E-state index is -0.366. The molecule has 0 aliphatic heterocycles. The molecule has 0 bridgehead atoms. The Kier molecular flexibility index (Phi) is 5.16. The van der Waals surface area contributed by atoms with Crippen LogP contribution < -0.4 is 0 Å². The first-order chi connectivity index (χ1) is 8.36. The Morgan fingerprint density at radius 2 is 2.28 bits per heavy atom. The van der Waals surface area contributed by atoms with E-state index in [0.29, 0.717) is 20.9 Å². The summed E-state index contributed by atoms with van der Waals surface area (Å²) < 4.78 is 6.87. The molecule has 1 heterocycles. The van der Waals surface area contributed by atoms with Gasteiger partial charge < -0.3 is 4.74 Å². The Labute approximate surface area is 119 Å². The molecular weight excluding hydrogens is 320 g/mol. The zero-order valence-electron chi connectivity index (χ0n) is 10.5. The van der Waals surface area contributed by atoms with E-state index in [1.165, 1.54) is 7.11 Å². The average Bonchev–Trinajstić information content (AvgIpc) is 2.63. The van der Waals surface area contributed by atoms with Crippen LogP contribution in [0.2, 0.25) is 0 Å². The number of aromatic nitrogens is 2. The predicted molar refractivity (Wildman–Crippen MR) is 75.2 cm³/mol. The van der Waals surface area contributed by atoms with E-state index in [4.69, 9.17) is 11.6 Å². The summed E-state index contributed by atoms with van der Waals surface area (Å²) in [5, 5.41) is 4.55. The third kappa shape index (κ3) is 3.46. The number of rotatable bonds is 4. The van der Waals surface area contributed by atoms with Crippen LogP contribution in [-0.4, -0.2) is 22.9 Å². The molecule has 0 saturated carbocycles. The van der Waals surface area contributed by atoms with Crippen LogP contribution in [0.25, 0.3) is 5.16 Å². The number of carbonyl (C=O) groups excluding carboxylic acids is 1. The van der Waals surface area contributed by atoms with Gasteiger partial charge in [-0.1, -0.05) is 23.8 Å². The number of aryl methyl sites for hydroxylation is 1. The van der Waals surface area contributed by atoms with Crippen LogP contribution in [0.3, 0.4) is 0 Å². The number of ether oxygens (including phenoxy) is 1. The van der Waals surface area contributed by atoms with Gasteiger partial charge in [0.25, 0.3) is 0 Å². The summed E-state index contributed by atoms with van der Waals surface area (Å²) in [6.07, 6.45) is 0.0710. The van der Waals surface area contributed by atoms with Crippen molar-refractivity contribution in [3.63, 3.8) is 0 Å². The first-order valence-electron chi connectivity index (χ1n) is 5.20. The highest BCUT2D eigenvalue weighted by Crippen LogP contribution is 2.26. The van der Waals surface area contributed by atoms with Gasteiger partial charge in [-0.2, -0.15) is 5.10 Å². The molecule has 4 nitrogen and oxygen atoms in total. The van der Waals surface area contributed by atoms with Gasteiger partial charge in [-0.3, -0.25) is 4.79 Å². The normalized spacial score (nSPS) is 12.1. The molecule has 6 heteroatoms. The molecule has 0 radical (unpaired) electrons. The largest absolute Gasteiger partial charge is 0.469 e. The molecule has 0 amide bonds. The summed E-state index contributed by atoms with van der Waals surface area (Å²) in [4.78, 5) is 11.4. The highest BCUT2D eigenvalue weighted by Gasteiger charge is 2.15. The highest BCUT2D eigenvalue weighted by molar-refractivity contribution is 9.10. The number of nitrogens with zero attached hydrogens (tertiary/aromatic N) is 2. The minimum absolute atomic E-state index is 0.0710. The van der Waals surface area contributed by atoms with E-state index in [0.717, 1.165) is 5.69 Å². The Hall–Kier alpha value is -1.07. The van der Waals surface area contributed by atoms with Crippen molar-refractivity contribution >= 4 is 38.7 Å². The number of hydrogen-bond donors (Lipinski definition) is 0. The molecule has 1 aromatic rings. The van der Waals surface area contributed by atoms with Crippen LogP contribution in [0.1, 0.15) is 19.0 Å². The summed E-state index contributed by atoms with van der Waals surface area (Å²) >= 11 is 9.55. The summed E-state index contributed by atoms with van der Waals surface area (Å²) in [6, 6.07) is 1.83. The second-order valence-corrected chi connectivity index (χ2v) is 4.99. The van der Waals surface area contributed by atoms with Gasteiger partial charge in [0, 0.05) is 11.3 Å². The van der Waals surface area contributed by atoms with Gasteiger partial charge in [-0.15, -0.1) is 0 Å². The van der Waals surface area contributed by atoms with Crippen LogP contribution in [0.4, 0.5) is 0 Å². The van der Waals surface area contributed by atoms with Crippen LogP contribution in [-0.2, 0) is 9.53 Å². The number of carbonyl (C=O) groups is 1. The summed E-state index contributed by atoms with van der Waals surface area (Å²) in [6.45, 7) is 7.48. The van der Waals surface area contributed by atoms with Gasteiger partial charge in [0.05, 0.1) is 13.5 Å². The Balaban J connectivity index is 3.23. The molecule has 0 fully saturated rings. The predicted octanol–water partition coefficient (Wildman–Crippen LogP) is 3.50. The van der Waals surface area contributed by atoms with E-state index >= 15 is 0 Å². The first kappa shape index (κ1) is 15.0. The first-order valence-corrected chi connectivity index (χ1v) is 6.37. The molecule has 0 spiro atoms. The molecule has 0 unspecified atom stereocenters. The van der Waals surface area contributed by atoms with Crippen molar-refractivity contribution in [2.24, 2.45) is 0 Å². The summed E-state index contributed by atoms with van der Waals surface area (Å²) in [5.74, 6) is -0.366. The number of hydrogen-bond acceptors (Lipinski definition) is 3. The number of esters is 1. The van der Waals surface area contributed by atoms with Gasteiger partial charge >= 0.3 is 5.97 Å². The van der Waals surface area contributed by atoms with E-state index in [-0.39, 0.29) is 12.4 Å². The second-order valence-electron chi connectivity index (χ2n) is 3.82. The van der Waals surface area contributed by atoms with Gasteiger partial charge in [0.1, 0.15) is 9.76 Å². The Morgan fingerprint density at radius 1 is 1.67 bits per heavy atom. The maximum atomic E-state index is 11.4. The fourth-order valence-electron chi connectivity index (χ4n) is 1.38. The van der Waals surface area contributed by atoms with E-state index in [1.54, 1.807) is 11.6 Å². The molecule has 0 aromatic carbocycles. The van der Waals surface area contributed by atoms with Crippen molar-refractivity contribution in [3.05, 3.63) is 34.1 Å². The van der Waals surface area contributed by atoms with Gasteiger partial charge in [-0.25, -0.2) is 4.68 Å². The van der Waals surface area contributed by atoms with Gasteiger partial charge in [-0.05, 0) is 35.8 Å². The number of allylic oxidation sites excluding steroid dienone is 1. The molecule has 1 rings (SSSR count). The average molecular weight is 334 g/mol. The minimum Gasteiger partial charge on any atom is -0.469 e. The molecule has 0 aliphatic carbocycles. The lowest BCUT2D eigenvalue weighted by molar-refractivity contribution is -0.139. The van der Waals surface area contributed by atoms with E-state index < -0.39 is 0 Å². The molecule has 18 heavy (non-hydrogen) atoms. The third-order valence-electron chi connectivity index (χ3n) is 2.36. The van der Waals surface area contributed by atoms with E-state index in [1.807, 2.05) is 13.0 Å². The molecule has 1 aromatic heterocycles. The van der Waals surface area contributed by atoms with E-state index in [2.05, 4.69) is 32.3 Å². The third-order valence-corrected chi connectivity index (χ3v) is 3.13. The lowest BCUT2D eigenvalue weighted by Crippen LogP contribution is -2.07. The monoisotopic (exact) mass is 332 g/mol. The standard InChI is InChI=1S/C12H14BrClN2O2/c1-7(2)9(6-11(17)18-4)12(14)16-8(3)5-10(13)15-16/h5H,1,6H2,2-4H3/b12-9-. The van der Waals surface area contributed by atoms with Crippen molar-refractivity contribution in [2.45, 2.75) is 20.3 Å². The molecule has 0 aliphatic rings.